The standard InChI is InChI=1S/C10H18O/c1-9(11)7-8-10-5-3-2-4-6-10/h2-3,9-11H,4-8H2,1H3. The third kappa shape index (κ3) is 3.57. The summed E-state index contributed by atoms with van der Waals surface area (Å²) in [6, 6.07) is 0. The van der Waals surface area contributed by atoms with Crippen LogP contribution in [0.15, 0.2) is 12.2 Å². The second kappa shape index (κ2) is 4.55. The molecule has 2 unspecified atom stereocenters. The molecule has 1 heteroatoms. The van der Waals surface area contributed by atoms with E-state index in [-0.39, 0.29) is 6.10 Å². The Morgan fingerprint density at radius 2 is 2.36 bits per heavy atom. The molecule has 0 aromatic heterocycles. The van der Waals surface area contributed by atoms with E-state index in [1.54, 1.807) is 0 Å². The first-order valence-corrected chi connectivity index (χ1v) is 4.62. The summed E-state index contributed by atoms with van der Waals surface area (Å²) in [7, 11) is 0. The van der Waals surface area contributed by atoms with Gasteiger partial charge in [-0.2, -0.15) is 0 Å². The van der Waals surface area contributed by atoms with Crippen molar-refractivity contribution in [2.24, 2.45) is 5.92 Å². The molecule has 1 N–H and O–H groups in total. The van der Waals surface area contributed by atoms with Gasteiger partial charge in [0.15, 0.2) is 0 Å². The molecular formula is C10H18O. The Kier molecular flexibility index (Phi) is 3.64. The zero-order chi connectivity index (χ0) is 8.10. The first-order chi connectivity index (χ1) is 5.29. The van der Waals surface area contributed by atoms with Crippen LogP contribution in [-0.4, -0.2) is 11.2 Å². The Morgan fingerprint density at radius 3 is 2.91 bits per heavy atom. The molecule has 0 saturated heterocycles. The van der Waals surface area contributed by atoms with E-state index in [4.69, 9.17) is 5.11 Å². The minimum atomic E-state index is -0.110. The zero-order valence-corrected chi connectivity index (χ0v) is 7.29. The average Bonchev–Trinajstić information content (AvgIpc) is 2.03. The van der Waals surface area contributed by atoms with Crippen LogP contribution in [0.25, 0.3) is 0 Å². The molecule has 11 heavy (non-hydrogen) atoms. The van der Waals surface area contributed by atoms with Gasteiger partial charge in [0.25, 0.3) is 0 Å². The third-order valence-electron chi connectivity index (χ3n) is 2.37. The minimum Gasteiger partial charge on any atom is -0.393 e. The normalized spacial score (nSPS) is 26.9. The summed E-state index contributed by atoms with van der Waals surface area (Å²) >= 11 is 0. The molecule has 0 heterocycles. The summed E-state index contributed by atoms with van der Waals surface area (Å²) in [5.41, 5.74) is 0. The van der Waals surface area contributed by atoms with Crippen LogP contribution in [0.4, 0.5) is 0 Å². The summed E-state index contributed by atoms with van der Waals surface area (Å²) in [4.78, 5) is 0. The number of rotatable bonds is 3. The fourth-order valence-corrected chi connectivity index (χ4v) is 1.60. The first-order valence-electron chi connectivity index (χ1n) is 4.62. The predicted octanol–water partition coefficient (Wildman–Crippen LogP) is 2.50. The maximum Gasteiger partial charge on any atom is 0.0512 e. The molecule has 1 nitrogen and oxygen atoms in total. The van der Waals surface area contributed by atoms with E-state index in [1.165, 1.54) is 25.7 Å². The number of hydrogen-bond donors (Lipinski definition) is 1. The number of aliphatic hydroxyl groups is 1. The van der Waals surface area contributed by atoms with Gasteiger partial charge in [-0.25, -0.2) is 0 Å². The van der Waals surface area contributed by atoms with Crippen LogP contribution in [0, 0.1) is 5.92 Å². The Labute approximate surface area is 69.1 Å². The quantitative estimate of drug-likeness (QED) is 0.619. The maximum atomic E-state index is 9.06. The molecule has 0 spiro atoms. The molecule has 0 aromatic carbocycles. The van der Waals surface area contributed by atoms with Crippen LogP contribution in [0.1, 0.15) is 39.0 Å². The SMILES string of the molecule is CC(O)CCC1CC=CCC1. The van der Waals surface area contributed by atoms with Gasteiger partial charge in [-0.15, -0.1) is 0 Å². The van der Waals surface area contributed by atoms with Crippen LogP contribution in [-0.2, 0) is 0 Å². The van der Waals surface area contributed by atoms with E-state index >= 15 is 0 Å². The third-order valence-corrected chi connectivity index (χ3v) is 2.37. The highest BCUT2D eigenvalue weighted by Crippen LogP contribution is 2.23. The fraction of sp³-hybridized carbons (Fsp3) is 0.800. The second-order valence-corrected chi connectivity index (χ2v) is 3.58. The van der Waals surface area contributed by atoms with Crippen LogP contribution < -0.4 is 0 Å². The van der Waals surface area contributed by atoms with Crippen molar-refractivity contribution in [2.45, 2.75) is 45.1 Å². The predicted molar refractivity (Wildman–Crippen MR) is 47.4 cm³/mol. The van der Waals surface area contributed by atoms with Crippen LogP contribution in [0.2, 0.25) is 0 Å². The van der Waals surface area contributed by atoms with E-state index < -0.39 is 0 Å². The molecule has 0 aromatic rings. The van der Waals surface area contributed by atoms with E-state index in [1.807, 2.05) is 6.92 Å². The van der Waals surface area contributed by atoms with Crippen molar-refractivity contribution >= 4 is 0 Å². The van der Waals surface area contributed by atoms with E-state index in [2.05, 4.69) is 12.2 Å². The van der Waals surface area contributed by atoms with Crippen molar-refractivity contribution in [1.82, 2.24) is 0 Å². The number of hydrogen-bond acceptors (Lipinski definition) is 1. The second-order valence-electron chi connectivity index (χ2n) is 3.58. The van der Waals surface area contributed by atoms with Gasteiger partial charge in [0, 0.05) is 0 Å². The summed E-state index contributed by atoms with van der Waals surface area (Å²) in [5, 5.41) is 9.06. The van der Waals surface area contributed by atoms with Gasteiger partial charge in [-0.1, -0.05) is 12.2 Å². The van der Waals surface area contributed by atoms with Gasteiger partial charge in [-0.3, -0.25) is 0 Å². The molecule has 1 aliphatic carbocycles. The molecule has 0 aliphatic heterocycles. The Hall–Kier alpha value is -0.300. The van der Waals surface area contributed by atoms with E-state index in [0.717, 1.165) is 12.3 Å². The van der Waals surface area contributed by atoms with Gasteiger partial charge in [0.1, 0.15) is 0 Å². The highest BCUT2D eigenvalue weighted by molar-refractivity contribution is 4.89. The lowest BCUT2D eigenvalue weighted by Crippen LogP contribution is -2.07. The molecule has 0 fully saturated rings. The van der Waals surface area contributed by atoms with Crippen LogP contribution in [0.3, 0.4) is 0 Å². The zero-order valence-electron chi connectivity index (χ0n) is 7.29. The Bertz CT molecular complexity index is 127. The van der Waals surface area contributed by atoms with Crippen LogP contribution in [0.5, 0.6) is 0 Å². The molecule has 0 bridgehead atoms. The smallest absolute Gasteiger partial charge is 0.0512 e. The van der Waals surface area contributed by atoms with Crippen molar-refractivity contribution in [1.29, 1.82) is 0 Å². The van der Waals surface area contributed by atoms with Crippen molar-refractivity contribution < 1.29 is 5.11 Å². The molecule has 64 valence electrons. The summed E-state index contributed by atoms with van der Waals surface area (Å²) in [6.45, 7) is 1.87. The van der Waals surface area contributed by atoms with Crippen molar-refractivity contribution in [3.63, 3.8) is 0 Å². The first kappa shape index (κ1) is 8.79. The molecular weight excluding hydrogens is 136 g/mol. The van der Waals surface area contributed by atoms with Gasteiger partial charge in [0.2, 0.25) is 0 Å². The Balaban J connectivity index is 2.11. The highest BCUT2D eigenvalue weighted by atomic mass is 16.3. The van der Waals surface area contributed by atoms with Crippen molar-refractivity contribution in [3.8, 4) is 0 Å². The Morgan fingerprint density at radius 1 is 1.55 bits per heavy atom. The van der Waals surface area contributed by atoms with Crippen molar-refractivity contribution in [2.75, 3.05) is 0 Å². The van der Waals surface area contributed by atoms with E-state index in [9.17, 15) is 0 Å². The largest absolute Gasteiger partial charge is 0.393 e. The molecule has 0 radical (unpaired) electrons. The lowest BCUT2D eigenvalue weighted by atomic mass is 9.89. The molecule has 1 rings (SSSR count). The molecule has 2 atom stereocenters. The van der Waals surface area contributed by atoms with Crippen molar-refractivity contribution in [3.05, 3.63) is 12.2 Å². The topological polar surface area (TPSA) is 20.2 Å². The summed E-state index contributed by atoms with van der Waals surface area (Å²) < 4.78 is 0. The maximum absolute atomic E-state index is 9.06. The number of allylic oxidation sites excluding steroid dienone is 2. The molecule has 0 amide bonds. The monoisotopic (exact) mass is 154 g/mol. The summed E-state index contributed by atoms with van der Waals surface area (Å²) in [6.07, 6.45) is 10.4. The summed E-state index contributed by atoms with van der Waals surface area (Å²) in [5.74, 6) is 0.842. The van der Waals surface area contributed by atoms with Gasteiger partial charge in [-0.05, 0) is 44.9 Å². The van der Waals surface area contributed by atoms with Gasteiger partial charge < -0.3 is 5.11 Å². The van der Waals surface area contributed by atoms with Gasteiger partial charge >= 0.3 is 0 Å². The lowest BCUT2D eigenvalue weighted by molar-refractivity contribution is 0.172. The van der Waals surface area contributed by atoms with Crippen LogP contribution >= 0.6 is 0 Å². The molecule has 1 aliphatic rings. The van der Waals surface area contributed by atoms with E-state index in [0.29, 0.717) is 0 Å². The lowest BCUT2D eigenvalue weighted by Gasteiger charge is -2.17. The van der Waals surface area contributed by atoms with Gasteiger partial charge in [0.05, 0.1) is 6.10 Å². The highest BCUT2D eigenvalue weighted by Gasteiger charge is 2.10. The fourth-order valence-electron chi connectivity index (χ4n) is 1.60. The number of aliphatic hydroxyl groups excluding tert-OH is 1. The molecule has 0 saturated carbocycles. The average molecular weight is 154 g/mol. The minimum absolute atomic E-state index is 0.110.